The second-order valence-corrected chi connectivity index (χ2v) is 6.58. The Kier molecular flexibility index (Phi) is 4.21. The number of ether oxygens (including phenoxy) is 1. The summed E-state index contributed by atoms with van der Waals surface area (Å²) in [7, 11) is 0. The largest absolute Gasteiger partial charge is 0.452 e. The minimum atomic E-state index is -0.545. The third kappa shape index (κ3) is 2.86. The number of para-hydroxylation sites is 1. The molecule has 26 heavy (non-hydrogen) atoms. The van der Waals surface area contributed by atoms with Gasteiger partial charge in [0.15, 0.2) is 6.61 Å². The van der Waals surface area contributed by atoms with Crippen LogP contribution in [0.15, 0.2) is 48.5 Å². The quantitative estimate of drug-likeness (QED) is 0.580. The van der Waals surface area contributed by atoms with Gasteiger partial charge < -0.3 is 10.5 Å². The predicted molar refractivity (Wildman–Crippen MR) is 100 cm³/mol. The molecular weight excluding hydrogens is 328 g/mol. The maximum atomic E-state index is 12.9. The number of hydrogen-bond donors (Lipinski definition) is 1. The molecule has 0 radical (unpaired) electrons. The highest BCUT2D eigenvalue weighted by molar-refractivity contribution is 5.98. The van der Waals surface area contributed by atoms with Crippen LogP contribution in [0, 0.1) is 0 Å². The molecule has 0 saturated heterocycles. The Balaban J connectivity index is 1.60. The number of benzene rings is 2. The van der Waals surface area contributed by atoms with E-state index in [1.165, 1.54) is 5.56 Å². The molecule has 3 aromatic rings. The summed E-state index contributed by atoms with van der Waals surface area (Å²) >= 11 is 0. The standard InChI is InChI=1S/C21H20N2O3/c22-15-7-5-6-14(12-15)21(25)26-13-20(24)23-18-10-3-1-8-16(18)17-9-2-4-11-19(17)23/h1,3,5-8,10,12H,2,4,9,11,13,22H2. The van der Waals surface area contributed by atoms with Gasteiger partial charge in [0.2, 0.25) is 0 Å². The molecule has 4 rings (SSSR count). The van der Waals surface area contributed by atoms with Crippen molar-refractivity contribution in [1.82, 2.24) is 4.57 Å². The van der Waals surface area contributed by atoms with Crippen molar-refractivity contribution in [2.24, 2.45) is 0 Å². The second-order valence-electron chi connectivity index (χ2n) is 6.58. The molecule has 5 nitrogen and oxygen atoms in total. The molecule has 0 saturated carbocycles. The molecular formula is C21H20N2O3. The Bertz CT molecular complexity index is 1000. The fraction of sp³-hybridized carbons (Fsp3) is 0.238. The van der Waals surface area contributed by atoms with Crippen molar-refractivity contribution in [2.75, 3.05) is 12.3 Å². The fourth-order valence-corrected chi connectivity index (χ4v) is 3.72. The van der Waals surface area contributed by atoms with Crippen LogP contribution in [0.2, 0.25) is 0 Å². The smallest absolute Gasteiger partial charge is 0.338 e. The first-order valence-corrected chi connectivity index (χ1v) is 8.82. The third-order valence-corrected chi connectivity index (χ3v) is 4.88. The second kappa shape index (κ2) is 6.67. The van der Waals surface area contributed by atoms with Crippen LogP contribution in [0.5, 0.6) is 0 Å². The summed E-state index contributed by atoms with van der Waals surface area (Å²) < 4.78 is 6.98. The Morgan fingerprint density at radius 1 is 1.04 bits per heavy atom. The first-order valence-electron chi connectivity index (χ1n) is 8.82. The van der Waals surface area contributed by atoms with Crippen molar-refractivity contribution < 1.29 is 14.3 Å². The molecule has 5 heteroatoms. The molecule has 2 N–H and O–H groups in total. The summed E-state index contributed by atoms with van der Waals surface area (Å²) in [4.78, 5) is 25.0. The molecule has 132 valence electrons. The first-order chi connectivity index (χ1) is 12.6. The predicted octanol–water partition coefficient (Wildman–Crippen LogP) is 3.60. The van der Waals surface area contributed by atoms with E-state index in [2.05, 4.69) is 6.07 Å². The lowest BCUT2D eigenvalue weighted by molar-refractivity contribution is 0.0449. The Hall–Kier alpha value is -3.08. The van der Waals surface area contributed by atoms with Gasteiger partial charge in [-0.1, -0.05) is 24.3 Å². The van der Waals surface area contributed by atoms with Crippen molar-refractivity contribution >= 4 is 28.5 Å². The zero-order valence-electron chi connectivity index (χ0n) is 14.4. The number of carbonyl (C=O) groups is 2. The lowest BCUT2D eigenvalue weighted by Gasteiger charge is -2.15. The monoisotopic (exact) mass is 348 g/mol. The van der Waals surface area contributed by atoms with E-state index in [0.29, 0.717) is 11.3 Å². The van der Waals surface area contributed by atoms with Crippen LogP contribution in [0.25, 0.3) is 10.9 Å². The van der Waals surface area contributed by atoms with Gasteiger partial charge in [-0.3, -0.25) is 9.36 Å². The van der Waals surface area contributed by atoms with Gasteiger partial charge in [-0.25, -0.2) is 4.79 Å². The number of hydrogen-bond acceptors (Lipinski definition) is 4. The van der Waals surface area contributed by atoms with Crippen LogP contribution >= 0.6 is 0 Å². The molecule has 0 spiro atoms. The lowest BCUT2D eigenvalue weighted by atomic mass is 9.95. The average molecular weight is 348 g/mol. The van der Waals surface area contributed by atoms with Crippen molar-refractivity contribution in [3.63, 3.8) is 0 Å². The number of carbonyl (C=O) groups excluding carboxylic acids is 2. The van der Waals surface area contributed by atoms with Crippen LogP contribution in [0.4, 0.5) is 5.69 Å². The summed E-state index contributed by atoms with van der Waals surface area (Å²) in [6.07, 6.45) is 4.07. The Morgan fingerprint density at radius 2 is 1.85 bits per heavy atom. The number of nitrogens with two attached hydrogens (primary N) is 1. The number of fused-ring (bicyclic) bond motifs is 3. The lowest BCUT2D eigenvalue weighted by Crippen LogP contribution is -2.22. The highest BCUT2D eigenvalue weighted by Gasteiger charge is 2.23. The topological polar surface area (TPSA) is 74.3 Å². The molecule has 2 aromatic carbocycles. The highest BCUT2D eigenvalue weighted by atomic mass is 16.5. The maximum Gasteiger partial charge on any atom is 0.338 e. The van der Waals surface area contributed by atoms with Gasteiger partial charge in [-0.2, -0.15) is 0 Å². The molecule has 1 aliphatic rings. The fourth-order valence-electron chi connectivity index (χ4n) is 3.72. The summed E-state index contributed by atoms with van der Waals surface area (Å²) in [5.74, 6) is -0.766. The highest BCUT2D eigenvalue weighted by Crippen LogP contribution is 2.32. The van der Waals surface area contributed by atoms with Crippen LogP contribution in [-0.4, -0.2) is 23.1 Å². The maximum absolute atomic E-state index is 12.9. The van der Waals surface area contributed by atoms with E-state index in [-0.39, 0.29) is 12.5 Å². The van der Waals surface area contributed by atoms with E-state index in [1.807, 2.05) is 18.2 Å². The molecule has 0 unspecified atom stereocenters. The summed E-state index contributed by atoms with van der Waals surface area (Å²) in [6, 6.07) is 14.5. The molecule has 0 fully saturated rings. The molecule has 0 amide bonds. The number of esters is 1. The minimum absolute atomic E-state index is 0.221. The van der Waals surface area contributed by atoms with Gasteiger partial charge in [-0.05, 0) is 55.5 Å². The number of rotatable bonds is 3. The van der Waals surface area contributed by atoms with Gasteiger partial charge in [0.25, 0.3) is 5.91 Å². The van der Waals surface area contributed by atoms with Gasteiger partial charge in [-0.15, -0.1) is 0 Å². The van der Waals surface area contributed by atoms with E-state index < -0.39 is 5.97 Å². The van der Waals surface area contributed by atoms with Gasteiger partial charge in [0.05, 0.1) is 11.1 Å². The van der Waals surface area contributed by atoms with Gasteiger partial charge in [0, 0.05) is 16.8 Å². The van der Waals surface area contributed by atoms with Crippen molar-refractivity contribution in [3.8, 4) is 0 Å². The summed E-state index contributed by atoms with van der Waals surface area (Å²) in [5, 5.41) is 1.12. The van der Waals surface area contributed by atoms with Crippen LogP contribution in [-0.2, 0) is 17.6 Å². The minimum Gasteiger partial charge on any atom is -0.452 e. The molecule has 0 bridgehead atoms. The van der Waals surface area contributed by atoms with E-state index in [1.54, 1.807) is 28.8 Å². The third-order valence-electron chi connectivity index (χ3n) is 4.88. The van der Waals surface area contributed by atoms with Crippen LogP contribution in [0.1, 0.15) is 39.3 Å². The van der Waals surface area contributed by atoms with E-state index in [0.717, 1.165) is 42.3 Å². The molecule has 1 heterocycles. The number of nitrogen functional groups attached to an aromatic ring is 1. The molecule has 0 aliphatic heterocycles. The van der Waals surface area contributed by atoms with E-state index in [9.17, 15) is 9.59 Å². The zero-order chi connectivity index (χ0) is 18.1. The van der Waals surface area contributed by atoms with Gasteiger partial charge >= 0.3 is 5.97 Å². The molecule has 1 aromatic heterocycles. The summed E-state index contributed by atoms with van der Waals surface area (Å²) in [6.45, 7) is -0.293. The number of aromatic nitrogens is 1. The number of anilines is 1. The van der Waals surface area contributed by atoms with Crippen molar-refractivity contribution in [1.29, 1.82) is 0 Å². The normalized spacial score (nSPS) is 13.4. The van der Waals surface area contributed by atoms with Crippen LogP contribution < -0.4 is 5.73 Å². The Labute approximate surface area is 151 Å². The Morgan fingerprint density at radius 3 is 2.69 bits per heavy atom. The molecule has 0 atom stereocenters. The van der Waals surface area contributed by atoms with E-state index in [4.69, 9.17) is 10.5 Å². The number of nitrogens with zero attached hydrogens (tertiary/aromatic N) is 1. The first kappa shape index (κ1) is 16.4. The van der Waals surface area contributed by atoms with Crippen LogP contribution in [0.3, 0.4) is 0 Å². The summed E-state index contributed by atoms with van der Waals surface area (Å²) in [5.41, 5.74) is 9.72. The average Bonchev–Trinajstić information content (AvgIpc) is 3.00. The number of aryl methyl sites for hydroxylation is 1. The SMILES string of the molecule is Nc1cccc(C(=O)OCC(=O)n2c3c(c4ccccc42)CCCC3)c1. The van der Waals surface area contributed by atoms with E-state index >= 15 is 0 Å². The zero-order valence-corrected chi connectivity index (χ0v) is 14.4. The molecule has 1 aliphatic carbocycles. The van der Waals surface area contributed by atoms with Gasteiger partial charge in [0.1, 0.15) is 0 Å². The van der Waals surface area contributed by atoms with Crippen molar-refractivity contribution in [3.05, 3.63) is 65.4 Å². The van der Waals surface area contributed by atoms with Crippen molar-refractivity contribution in [2.45, 2.75) is 25.7 Å².